The maximum absolute atomic E-state index is 10.7. The van der Waals surface area contributed by atoms with Gasteiger partial charge in [0, 0.05) is 5.46 Å². The zero-order chi connectivity index (χ0) is 18.0. The van der Waals surface area contributed by atoms with Crippen LogP contribution < -0.4 is 5.46 Å². The van der Waals surface area contributed by atoms with Crippen LogP contribution >= 0.6 is 0 Å². The first-order chi connectivity index (χ1) is 11.2. The maximum atomic E-state index is 10.7. The number of phenols is 1. The second-order valence-electron chi connectivity index (χ2n) is 7.98. The number of hydrogen-bond acceptors (Lipinski definition) is 3. The molecule has 2 rings (SSSR count). The van der Waals surface area contributed by atoms with Crippen molar-refractivity contribution in [1.29, 1.82) is 0 Å². The topological polar surface area (TPSA) is 38.7 Å². The van der Waals surface area contributed by atoms with E-state index in [1.807, 2.05) is 33.8 Å². The Morgan fingerprint density at radius 2 is 1.46 bits per heavy atom. The molecule has 0 spiro atoms. The van der Waals surface area contributed by atoms with E-state index in [0.717, 1.165) is 44.0 Å². The van der Waals surface area contributed by atoms with Crippen LogP contribution in [-0.2, 0) is 22.2 Å². The average molecular weight is 332 g/mol. The fourth-order valence-corrected chi connectivity index (χ4v) is 3.09. The molecule has 1 heterocycles. The number of aryl methyl sites for hydroxylation is 2. The third-order valence-corrected chi connectivity index (χ3v) is 5.41. The largest absolute Gasteiger partial charge is 0.508 e. The third-order valence-electron chi connectivity index (χ3n) is 5.41. The molecule has 0 unspecified atom stereocenters. The molecule has 1 fully saturated rings. The second-order valence-corrected chi connectivity index (χ2v) is 7.98. The fraction of sp³-hybridized carbons (Fsp3) is 0.700. The summed E-state index contributed by atoms with van der Waals surface area (Å²) in [5, 5.41) is 10.7. The fourth-order valence-electron chi connectivity index (χ4n) is 3.09. The summed E-state index contributed by atoms with van der Waals surface area (Å²) in [7, 11) is -0.498. The minimum Gasteiger partial charge on any atom is -0.508 e. The Balaban J connectivity index is 2.37. The minimum absolute atomic E-state index is 0.313. The summed E-state index contributed by atoms with van der Waals surface area (Å²) >= 11 is 0. The Morgan fingerprint density at radius 3 is 2.00 bits per heavy atom. The molecular formula is C20H33BO3. The van der Waals surface area contributed by atoms with E-state index in [2.05, 4.69) is 19.9 Å². The van der Waals surface area contributed by atoms with Gasteiger partial charge < -0.3 is 14.4 Å². The summed E-state index contributed by atoms with van der Waals surface area (Å²) in [6.07, 6.45) is 6.48. The summed E-state index contributed by atoms with van der Waals surface area (Å²) in [6, 6.07) is 4.14. The van der Waals surface area contributed by atoms with Crippen LogP contribution in [0.25, 0.3) is 0 Å². The molecule has 0 amide bonds. The lowest BCUT2D eigenvalue weighted by Gasteiger charge is -2.32. The highest BCUT2D eigenvalue weighted by Crippen LogP contribution is 2.37. The molecule has 4 heteroatoms. The quantitative estimate of drug-likeness (QED) is 0.753. The molecule has 1 saturated heterocycles. The highest BCUT2D eigenvalue weighted by atomic mass is 16.7. The van der Waals surface area contributed by atoms with Crippen LogP contribution in [0.5, 0.6) is 5.75 Å². The lowest BCUT2D eigenvalue weighted by molar-refractivity contribution is 0.00578. The number of rotatable bonds is 7. The van der Waals surface area contributed by atoms with Crippen LogP contribution in [0.3, 0.4) is 0 Å². The lowest BCUT2D eigenvalue weighted by atomic mass is 9.73. The van der Waals surface area contributed by atoms with Gasteiger partial charge in [-0.15, -0.1) is 0 Å². The molecular weight excluding hydrogens is 299 g/mol. The van der Waals surface area contributed by atoms with Crippen LogP contribution in [0, 0.1) is 0 Å². The molecule has 24 heavy (non-hydrogen) atoms. The second kappa shape index (κ2) is 7.49. The highest BCUT2D eigenvalue weighted by molar-refractivity contribution is 6.63. The molecule has 1 aliphatic heterocycles. The predicted octanol–water partition coefficient (Wildman–Crippen LogP) is 4.38. The van der Waals surface area contributed by atoms with E-state index in [4.69, 9.17) is 9.31 Å². The molecule has 3 nitrogen and oxygen atoms in total. The molecule has 0 atom stereocenters. The van der Waals surface area contributed by atoms with Crippen LogP contribution in [0.15, 0.2) is 12.1 Å². The standard InChI is InChI=1S/C20H33BO3/c1-7-9-11-15-13-16(12-10-8-2)18(17(22)14-15)21-23-19(3,4)20(5,6)24-21/h13-14,22H,7-12H2,1-6H3. The van der Waals surface area contributed by atoms with Gasteiger partial charge in [-0.25, -0.2) is 0 Å². The van der Waals surface area contributed by atoms with E-state index < -0.39 is 18.3 Å². The van der Waals surface area contributed by atoms with Crippen molar-refractivity contribution >= 4 is 12.6 Å². The van der Waals surface area contributed by atoms with Gasteiger partial charge in [0.25, 0.3) is 0 Å². The molecule has 1 aromatic rings. The third kappa shape index (κ3) is 3.97. The van der Waals surface area contributed by atoms with Crippen molar-refractivity contribution in [2.24, 2.45) is 0 Å². The minimum atomic E-state index is -0.498. The molecule has 0 radical (unpaired) electrons. The molecule has 1 aliphatic rings. The van der Waals surface area contributed by atoms with Crippen LogP contribution in [-0.4, -0.2) is 23.4 Å². The Labute approximate surface area is 147 Å². The Kier molecular flexibility index (Phi) is 6.03. The van der Waals surface area contributed by atoms with Crippen LogP contribution in [0.1, 0.15) is 78.4 Å². The SMILES string of the molecule is CCCCc1cc(O)c(B2OC(C)(C)C(C)(C)O2)c(CCCC)c1. The Hall–Kier alpha value is -0.995. The van der Waals surface area contributed by atoms with Crippen molar-refractivity contribution in [3.8, 4) is 5.75 Å². The van der Waals surface area contributed by atoms with Crippen molar-refractivity contribution in [3.63, 3.8) is 0 Å². The molecule has 0 bridgehead atoms. The van der Waals surface area contributed by atoms with Crippen molar-refractivity contribution in [2.45, 2.75) is 91.3 Å². The number of hydrogen-bond donors (Lipinski definition) is 1. The van der Waals surface area contributed by atoms with Gasteiger partial charge in [0.15, 0.2) is 0 Å². The lowest BCUT2D eigenvalue weighted by Crippen LogP contribution is -2.41. The Morgan fingerprint density at radius 1 is 0.917 bits per heavy atom. The zero-order valence-corrected chi connectivity index (χ0v) is 16.2. The van der Waals surface area contributed by atoms with E-state index >= 15 is 0 Å². The number of aromatic hydroxyl groups is 1. The van der Waals surface area contributed by atoms with Gasteiger partial charge in [-0.2, -0.15) is 0 Å². The summed E-state index contributed by atoms with van der Waals surface area (Å²) in [6.45, 7) is 12.6. The van der Waals surface area contributed by atoms with Gasteiger partial charge in [0.1, 0.15) is 5.75 Å². The van der Waals surface area contributed by atoms with Gasteiger partial charge in [0.2, 0.25) is 0 Å². The maximum Gasteiger partial charge on any atom is 0.498 e. The van der Waals surface area contributed by atoms with E-state index in [-0.39, 0.29) is 0 Å². The molecule has 1 N–H and O–H groups in total. The Bertz CT molecular complexity index is 550. The van der Waals surface area contributed by atoms with Crippen LogP contribution in [0.2, 0.25) is 0 Å². The normalized spacial score (nSPS) is 19.0. The van der Waals surface area contributed by atoms with Gasteiger partial charge >= 0.3 is 7.12 Å². The first kappa shape index (κ1) is 19.3. The van der Waals surface area contributed by atoms with Gasteiger partial charge in [-0.3, -0.25) is 0 Å². The molecule has 0 aliphatic carbocycles. The number of benzene rings is 1. The van der Waals surface area contributed by atoms with Crippen molar-refractivity contribution in [1.82, 2.24) is 0 Å². The summed E-state index contributed by atoms with van der Waals surface area (Å²) in [4.78, 5) is 0. The van der Waals surface area contributed by atoms with E-state index in [1.165, 1.54) is 11.1 Å². The zero-order valence-electron chi connectivity index (χ0n) is 16.2. The van der Waals surface area contributed by atoms with E-state index in [0.29, 0.717) is 5.75 Å². The van der Waals surface area contributed by atoms with E-state index in [9.17, 15) is 5.11 Å². The highest BCUT2D eigenvalue weighted by Gasteiger charge is 2.52. The monoisotopic (exact) mass is 332 g/mol. The summed E-state index contributed by atoms with van der Waals surface area (Å²) in [5.41, 5.74) is 2.41. The smallest absolute Gasteiger partial charge is 0.498 e. The van der Waals surface area contributed by atoms with E-state index in [1.54, 1.807) is 0 Å². The molecule has 0 aromatic heterocycles. The summed E-state index contributed by atoms with van der Waals surface area (Å²) < 4.78 is 12.4. The average Bonchev–Trinajstić information content (AvgIpc) is 2.70. The summed E-state index contributed by atoms with van der Waals surface area (Å²) in [5.74, 6) is 0.313. The number of unbranched alkanes of at least 4 members (excludes halogenated alkanes) is 2. The first-order valence-corrected chi connectivity index (χ1v) is 9.42. The first-order valence-electron chi connectivity index (χ1n) is 9.42. The van der Waals surface area contributed by atoms with Crippen molar-refractivity contribution < 1.29 is 14.4 Å². The van der Waals surface area contributed by atoms with Crippen LogP contribution in [0.4, 0.5) is 0 Å². The molecule has 1 aromatic carbocycles. The number of phenolic OH excluding ortho intramolecular Hbond substituents is 1. The van der Waals surface area contributed by atoms with Gasteiger partial charge in [-0.05, 0) is 70.6 Å². The van der Waals surface area contributed by atoms with Crippen molar-refractivity contribution in [2.75, 3.05) is 0 Å². The molecule has 134 valence electrons. The van der Waals surface area contributed by atoms with Gasteiger partial charge in [-0.1, -0.05) is 32.8 Å². The van der Waals surface area contributed by atoms with Crippen molar-refractivity contribution in [3.05, 3.63) is 23.3 Å². The van der Waals surface area contributed by atoms with Gasteiger partial charge in [0.05, 0.1) is 11.2 Å². The molecule has 0 saturated carbocycles. The predicted molar refractivity (Wildman–Crippen MR) is 101 cm³/mol.